The van der Waals surface area contributed by atoms with Crippen molar-refractivity contribution >= 4 is 17.4 Å². The van der Waals surface area contributed by atoms with Crippen molar-refractivity contribution in [3.8, 4) is 0 Å². The zero-order chi connectivity index (χ0) is 12.6. The van der Waals surface area contributed by atoms with Gasteiger partial charge in [0.15, 0.2) is 0 Å². The molecule has 0 radical (unpaired) electrons. The van der Waals surface area contributed by atoms with Crippen molar-refractivity contribution in [1.82, 2.24) is 9.97 Å². The summed E-state index contributed by atoms with van der Waals surface area (Å²) in [6.07, 6.45) is 2.38. The van der Waals surface area contributed by atoms with Crippen LogP contribution in [0.25, 0.3) is 0 Å². The second kappa shape index (κ2) is 4.45. The summed E-state index contributed by atoms with van der Waals surface area (Å²) in [5.74, 6) is 2.26. The summed E-state index contributed by atoms with van der Waals surface area (Å²) in [6.45, 7) is 8.77. The van der Waals surface area contributed by atoms with Gasteiger partial charge in [0.1, 0.15) is 16.8 Å². The molecular formula is C13H20ClN3. The summed E-state index contributed by atoms with van der Waals surface area (Å²) in [7, 11) is 0. The molecule has 0 aliphatic heterocycles. The second-order valence-electron chi connectivity index (χ2n) is 5.94. The van der Waals surface area contributed by atoms with Crippen LogP contribution in [0.2, 0.25) is 5.15 Å². The maximum Gasteiger partial charge on any atom is 0.135 e. The number of rotatable bonds is 3. The fraction of sp³-hybridized carbons (Fsp3) is 0.692. The highest BCUT2D eigenvalue weighted by Gasteiger charge is 2.28. The van der Waals surface area contributed by atoms with Crippen molar-refractivity contribution in [3.05, 3.63) is 17.0 Å². The molecule has 1 aliphatic rings. The van der Waals surface area contributed by atoms with Crippen LogP contribution in [0.4, 0.5) is 5.82 Å². The molecule has 17 heavy (non-hydrogen) atoms. The Labute approximate surface area is 108 Å². The van der Waals surface area contributed by atoms with Gasteiger partial charge in [-0.3, -0.25) is 0 Å². The Hall–Kier alpha value is -0.830. The second-order valence-corrected chi connectivity index (χ2v) is 6.33. The summed E-state index contributed by atoms with van der Waals surface area (Å²) in [6, 6.07) is 2.14. The van der Waals surface area contributed by atoms with Gasteiger partial charge in [0, 0.05) is 18.0 Å². The third-order valence-corrected chi connectivity index (χ3v) is 3.51. The van der Waals surface area contributed by atoms with Crippen LogP contribution >= 0.6 is 11.6 Å². The van der Waals surface area contributed by atoms with E-state index in [1.807, 2.05) is 0 Å². The lowest BCUT2D eigenvalue weighted by atomic mass is 9.88. The first-order valence-electron chi connectivity index (χ1n) is 6.17. The van der Waals surface area contributed by atoms with Gasteiger partial charge in [0.2, 0.25) is 0 Å². The quantitative estimate of drug-likeness (QED) is 0.832. The highest BCUT2D eigenvalue weighted by atomic mass is 35.5. The van der Waals surface area contributed by atoms with Crippen LogP contribution in [0, 0.1) is 5.41 Å². The minimum Gasteiger partial charge on any atom is -0.367 e. The summed E-state index contributed by atoms with van der Waals surface area (Å²) in [5.41, 5.74) is 0.192. The molecule has 0 spiro atoms. The lowest BCUT2D eigenvalue weighted by molar-refractivity contribution is 0.358. The first kappa shape index (κ1) is 12.6. The predicted octanol–water partition coefficient (Wildman–Crippen LogP) is 3.85. The van der Waals surface area contributed by atoms with E-state index in [0.717, 1.165) is 11.6 Å². The van der Waals surface area contributed by atoms with E-state index in [1.54, 1.807) is 6.07 Å². The normalized spacial score (nSPS) is 17.9. The molecule has 0 bridgehead atoms. The molecular weight excluding hydrogens is 234 g/mol. The van der Waals surface area contributed by atoms with E-state index in [0.29, 0.717) is 17.1 Å². The number of hydrogen-bond donors (Lipinski definition) is 1. The monoisotopic (exact) mass is 253 g/mol. The van der Waals surface area contributed by atoms with E-state index in [2.05, 4.69) is 43.0 Å². The van der Waals surface area contributed by atoms with Gasteiger partial charge in [-0.05, 0) is 25.2 Å². The van der Waals surface area contributed by atoms with Crippen molar-refractivity contribution in [2.24, 2.45) is 5.41 Å². The Bertz CT molecular complexity index is 408. The smallest absolute Gasteiger partial charge is 0.135 e. The molecule has 1 aromatic heterocycles. The van der Waals surface area contributed by atoms with Crippen LogP contribution in [0.1, 0.15) is 52.3 Å². The van der Waals surface area contributed by atoms with Gasteiger partial charge in [-0.2, -0.15) is 0 Å². The Morgan fingerprint density at radius 2 is 2.00 bits per heavy atom. The van der Waals surface area contributed by atoms with E-state index in [1.165, 1.54) is 12.8 Å². The van der Waals surface area contributed by atoms with E-state index < -0.39 is 0 Å². The maximum absolute atomic E-state index is 6.03. The Kier molecular flexibility index (Phi) is 3.30. The third-order valence-electron chi connectivity index (χ3n) is 3.32. The molecule has 1 N–H and O–H groups in total. The average Bonchev–Trinajstić information content (AvgIpc) is 2.97. The lowest BCUT2D eigenvalue weighted by Gasteiger charge is -2.28. The first-order valence-corrected chi connectivity index (χ1v) is 6.55. The van der Waals surface area contributed by atoms with E-state index in [4.69, 9.17) is 11.6 Å². The summed E-state index contributed by atoms with van der Waals surface area (Å²) < 4.78 is 0. The van der Waals surface area contributed by atoms with Gasteiger partial charge in [-0.1, -0.05) is 32.4 Å². The number of hydrogen-bond acceptors (Lipinski definition) is 3. The zero-order valence-electron chi connectivity index (χ0n) is 10.9. The molecule has 1 saturated carbocycles. The van der Waals surface area contributed by atoms with Crippen LogP contribution in [0.3, 0.4) is 0 Å². The number of nitrogens with one attached hydrogen (secondary N) is 1. The Morgan fingerprint density at radius 1 is 1.35 bits per heavy atom. The molecule has 1 atom stereocenters. The SMILES string of the molecule is CC(Nc1cc(Cl)nc(C2CC2)n1)C(C)(C)C. The van der Waals surface area contributed by atoms with Crippen LogP contribution < -0.4 is 5.32 Å². The fourth-order valence-corrected chi connectivity index (χ4v) is 1.66. The number of aromatic nitrogens is 2. The molecule has 2 rings (SSSR count). The molecule has 0 aromatic carbocycles. The van der Waals surface area contributed by atoms with Crippen molar-refractivity contribution < 1.29 is 0 Å². The molecule has 1 unspecified atom stereocenters. The molecule has 0 saturated heterocycles. The largest absolute Gasteiger partial charge is 0.367 e. The van der Waals surface area contributed by atoms with Crippen LogP contribution in [0.15, 0.2) is 6.07 Å². The van der Waals surface area contributed by atoms with Gasteiger partial charge >= 0.3 is 0 Å². The standard InChI is InChI=1S/C13H20ClN3/c1-8(13(2,3)4)15-11-7-10(14)16-12(17-11)9-5-6-9/h7-9H,5-6H2,1-4H3,(H,15,16,17). The summed E-state index contributed by atoms with van der Waals surface area (Å²) in [5, 5.41) is 3.94. The first-order chi connectivity index (χ1) is 7.86. The highest BCUT2D eigenvalue weighted by Crippen LogP contribution is 2.39. The molecule has 1 fully saturated rings. The van der Waals surface area contributed by atoms with Crippen LogP contribution in [-0.2, 0) is 0 Å². The van der Waals surface area contributed by atoms with Crippen LogP contribution in [0.5, 0.6) is 0 Å². The fourth-order valence-electron chi connectivity index (χ4n) is 1.47. The number of anilines is 1. The lowest BCUT2D eigenvalue weighted by Crippen LogP contribution is -2.31. The molecule has 3 nitrogen and oxygen atoms in total. The topological polar surface area (TPSA) is 37.8 Å². The third kappa shape index (κ3) is 3.32. The molecule has 1 aromatic rings. The minimum atomic E-state index is 0.192. The molecule has 1 heterocycles. The minimum absolute atomic E-state index is 0.192. The summed E-state index contributed by atoms with van der Waals surface area (Å²) >= 11 is 6.03. The molecule has 1 aliphatic carbocycles. The van der Waals surface area contributed by atoms with Crippen molar-refractivity contribution in [3.63, 3.8) is 0 Å². The predicted molar refractivity (Wildman–Crippen MR) is 71.6 cm³/mol. The Morgan fingerprint density at radius 3 is 2.53 bits per heavy atom. The molecule has 4 heteroatoms. The number of nitrogens with zero attached hydrogens (tertiary/aromatic N) is 2. The van der Waals surface area contributed by atoms with Crippen molar-refractivity contribution in [2.45, 2.75) is 52.5 Å². The maximum atomic E-state index is 6.03. The van der Waals surface area contributed by atoms with Crippen molar-refractivity contribution in [1.29, 1.82) is 0 Å². The summed E-state index contributed by atoms with van der Waals surface area (Å²) in [4.78, 5) is 8.82. The van der Waals surface area contributed by atoms with Gasteiger partial charge in [-0.15, -0.1) is 0 Å². The van der Waals surface area contributed by atoms with Gasteiger partial charge in [0.25, 0.3) is 0 Å². The Balaban J connectivity index is 2.15. The highest BCUT2D eigenvalue weighted by molar-refractivity contribution is 6.29. The average molecular weight is 254 g/mol. The van der Waals surface area contributed by atoms with E-state index in [9.17, 15) is 0 Å². The van der Waals surface area contributed by atoms with Gasteiger partial charge in [0.05, 0.1) is 0 Å². The molecule has 0 amide bonds. The van der Waals surface area contributed by atoms with Crippen LogP contribution in [-0.4, -0.2) is 16.0 Å². The van der Waals surface area contributed by atoms with Gasteiger partial charge < -0.3 is 5.32 Å². The van der Waals surface area contributed by atoms with Gasteiger partial charge in [-0.25, -0.2) is 9.97 Å². The zero-order valence-corrected chi connectivity index (χ0v) is 11.7. The van der Waals surface area contributed by atoms with E-state index in [-0.39, 0.29) is 5.41 Å². The number of halogens is 1. The molecule has 94 valence electrons. The van der Waals surface area contributed by atoms with Crippen molar-refractivity contribution in [2.75, 3.05) is 5.32 Å². The van der Waals surface area contributed by atoms with E-state index >= 15 is 0 Å².